The third-order valence-electron chi connectivity index (χ3n) is 3.18. The Kier molecular flexibility index (Phi) is 5.85. The number of para-hydroxylation sites is 1. The van der Waals surface area contributed by atoms with Gasteiger partial charge in [0.15, 0.2) is 9.84 Å². The molecule has 1 unspecified atom stereocenters. The van der Waals surface area contributed by atoms with Crippen LogP contribution in [-0.4, -0.2) is 20.2 Å². The highest BCUT2D eigenvalue weighted by molar-refractivity contribution is 7.91. The van der Waals surface area contributed by atoms with Crippen molar-refractivity contribution >= 4 is 15.5 Å². The summed E-state index contributed by atoms with van der Waals surface area (Å²) in [7, 11) is -3.17. The third kappa shape index (κ3) is 4.86. The normalized spacial score (nSPS) is 13.5. The maximum Gasteiger partial charge on any atom is 0.180 e. The van der Waals surface area contributed by atoms with Gasteiger partial charge in [0.25, 0.3) is 0 Å². The SMILES string of the molecule is CCS(=O)(=O)c1ccccc1NC(C)CCC(C)C. The molecule has 108 valence electrons. The van der Waals surface area contributed by atoms with Gasteiger partial charge < -0.3 is 5.32 Å². The second-order valence-electron chi connectivity index (χ2n) is 5.42. The molecule has 0 aromatic heterocycles. The van der Waals surface area contributed by atoms with Gasteiger partial charge in [0, 0.05) is 6.04 Å². The van der Waals surface area contributed by atoms with Crippen molar-refractivity contribution in [1.29, 1.82) is 0 Å². The lowest BCUT2D eigenvalue weighted by molar-refractivity contribution is 0.527. The molecule has 0 spiro atoms. The standard InChI is InChI=1S/C15H25NO2S/c1-5-19(17,18)15-9-7-6-8-14(15)16-13(4)11-10-12(2)3/h6-9,12-13,16H,5,10-11H2,1-4H3. The molecular formula is C15H25NO2S. The molecule has 19 heavy (non-hydrogen) atoms. The van der Waals surface area contributed by atoms with E-state index < -0.39 is 9.84 Å². The highest BCUT2D eigenvalue weighted by Gasteiger charge is 2.17. The third-order valence-corrected chi connectivity index (χ3v) is 4.97. The largest absolute Gasteiger partial charge is 0.382 e. The molecule has 0 aliphatic carbocycles. The van der Waals surface area contributed by atoms with E-state index in [1.807, 2.05) is 12.1 Å². The van der Waals surface area contributed by atoms with Crippen molar-refractivity contribution in [3.63, 3.8) is 0 Å². The summed E-state index contributed by atoms with van der Waals surface area (Å²) in [6, 6.07) is 7.43. The van der Waals surface area contributed by atoms with Crippen molar-refractivity contribution in [2.75, 3.05) is 11.1 Å². The van der Waals surface area contributed by atoms with Gasteiger partial charge in [-0.1, -0.05) is 32.9 Å². The first kappa shape index (κ1) is 16.0. The maximum atomic E-state index is 12.0. The number of nitrogens with one attached hydrogen (secondary N) is 1. The molecule has 0 saturated carbocycles. The lowest BCUT2D eigenvalue weighted by Crippen LogP contribution is -2.18. The molecule has 0 saturated heterocycles. The van der Waals surface area contributed by atoms with Crippen molar-refractivity contribution in [1.82, 2.24) is 0 Å². The zero-order valence-corrected chi connectivity index (χ0v) is 13.1. The fourth-order valence-electron chi connectivity index (χ4n) is 1.93. The number of hydrogen-bond acceptors (Lipinski definition) is 3. The quantitative estimate of drug-likeness (QED) is 0.829. The van der Waals surface area contributed by atoms with E-state index in [0.717, 1.165) is 18.5 Å². The monoisotopic (exact) mass is 283 g/mol. The second-order valence-corrected chi connectivity index (χ2v) is 7.66. The summed E-state index contributed by atoms with van der Waals surface area (Å²) in [4.78, 5) is 0.411. The van der Waals surface area contributed by atoms with Gasteiger partial charge in [-0.3, -0.25) is 0 Å². The molecule has 1 rings (SSSR count). The number of sulfone groups is 1. The fraction of sp³-hybridized carbons (Fsp3) is 0.600. The van der Waals surface area contributed by atoms with Crippen molar-refractivity contribution in [2.45, 2.75) is 51.5 Å². The summed E-state index contributed by atoms with van der Waals surface area (Å²) in [6.45, 7) is 8.16. The smallest absolute Gasteiger partial charge is 0.180 e. The Balaban J connectivity index is 2.84. The predicted molar refractivity (Wildman–Crippen MR) is 81.3 cm³/mol. The van der Waals surface area contributed by atoms with Gasteiger partial charge in [-0.15, -0.1) is 0 Å². The number of anilines is 1. The van der Waals surface area contributed by atoms with Crippen LogP contribution in [0.3, 0.4) is 0 Å². The van der Waals surface area contributed by atoms with Crippen LogP contribution in [0, 0.1) is 5.92 Å². The zero-order chi connectivity index (χ0) is 14.5. The lowest BCUT2D eigenvalue weighted by atomic mass is 10.0. The van der Waals surface area contributed by atoms with Gasteiger partial charge in [-0.2, -0.15) is 0 Å². The van der Waals surface area contributed by atoms with Gasteiger partial charge >= 0.3 is 0 Å². The van der Waals surface area contributed by atoms with E-state index in [0.29, 0.717) is 10.8 Å². The molecule has 1 aromatic carbocycles. The van der Waals surface area contributed by atoms with Crippen molar-refractivity contribution in [3.05, 3.63) is 24.3 Å². The molecule has 0 fully saturated rings. The van der Waals surface area contributed by atoms with E-state index in [4.69, 9.17) is 0 Å². The van der Waals surface area contributed by atoms with E-state index in [1.54, 1.807) is 19.1 Å². The van der Waals surface area contributed by atoms with E-state index in [1.165, 1.54) is 0 Å². The molecule has 4 heteroatoms. The van der Waals surface area contributed by atoms with Gasteiger partial charge in [-0.25, -0.2) is 8.42 Å². The van der Waals surface area contributed by atoms with Crippen molar-refractivity contribution in [3.8, 4) is 0 Å². The average molecular weight is 283 g/mol. The highest BCUT2D eigenvalue weighted by Crippen LogP contribution is 2.23. The van der Waals surface area contributed by atoms with Crippen LogP contribution >= 0.6 is 0 Å². The van der Waals surface area contributed by atoms with Crippen molar-refractivity contribution in [2.24, 2.45) is 5.92 Å². The molecule has 1 N–H and O–H groups in total. The predicted octanol–water partition coefficient (Wildman–Crippen LogP) is 3.72. The summed E-state index contributed by atoms with van der Waals surface area (Å²) in [5, 5.41) is 3.33. The minimum atomic E-state index is -3.17. The van der Waals surface area contributed by atoms with Gasteiger partial charge in [-0.05, 0) is 37.8 Å². The summed E-state index contributed by atoms with van der Waals surface area (Å²) >= 11 is 0. The topological polar surface area (TPSA) is 46.2 Å². The van der Waals surface area contributed by atoms with E-state index >= 15 is 0 Å². The van der Waals surface area contributed by atoms with Gasteiger partial charge in [0.05, 0.1) is 16.3 Å². The number of benzene rings is 1. The van der Waals surface area contributed by atoms with Crippen LogP contribution in [0.5, 0.6) is 0 Å². The molecule has 0 aliphatic rings. The Morgan fingerprint density at radius 2 is 1.74 bits per heavy atom. The Morgan fingerprint density at radius 1 is 1.11 bits per heavy atom. The highest BCUT2D eigenvalue weighted by atomic mass is 32.2. The van der Waals surface area contributed by atoms with Gasteiger partial charge in [0.2, 0.25) is 0 Å². The summed E-state index contributed by atoms with van der Waals surface area (Å²) < 4.78 is 24.1. The van der Waals surface area contributed by atoms with Crippen LogP contribution in [-0.2, 0) is 9.84 Å². The van der Waals surface area contributed by atoms with Crippen molar-refractivity contribution < 1.29 is 8.42 Å². The van der Waals surface area contributed by atoms with Crippen LogP contribution in [0.1, 0.15) is 40.5 Å². The van der Waals surface area contributed by atoms with E-state index in [9.17, 15) is 8.42 Å². The Hall–Kier alpha value is -1.03. The molecule has 0 bridgehead atoms. The molecule has 0 radical (unpaired) electrons. The Labute approximate surface area is 117 Å². The molecular weight excluding hydrogens is 258 g/mol. The molecule has 0 aliphatic heterocycles. The van der Waals surface area contributed by atoms with Crippen LogP contribution in [0.2, 0.25) is 0 Å². The van der Waals surface area contributed by atoms with Crippen LogP contribution in [0.25, 0.3) is 0 Å². The lowest BCUT2D eigenvalue weighted by Gasteiger charge is -2.18. The van der Waals surface area contributed by atoms with Crippen LogP contribution in [0.15, 0.2) is 29.2 Å². The van der Waals surface area contributed by atoms with Gasteiger partial charge in [0.1, 0.15) is 0 Å². The number of rotatable bonds is 7. The average Bonchev–Trinajstić information content (AvgIpc) is 2.37. The first-order chi connectivity index (χ1) is 8.86. The maximum absolute atomic E-state index is 12.0. The van der Waals surface area contributed by atoms with Crippen LogP contribution < -0.4 is 5.32 Å². The molecule has 3 nitrogen and oxygen atoms in total. The molecule has 0 amide bonds. The molecule has 1 atom stereocenters. The molecule has 0 heterocycles. The Morgan fingerprint density at radius 3 is 2.32 bits per heavy atom. The van der Waals surface area contributed by atoms with E-state index in [2.05, 4.69) is 26.1 Å². The fourth-order valence-corrected chi connectivity index (χ4v) is 2.99. The minimum Gasteiger partial charge on any atom is -0.382 e. The second kappa shape index (κ2) is 6.94. The summed E-state index contributed by atoms with van der Waals surface area (Å²) in [6.07, 6.45) is 2.18. The summed E-state index contributed by atoms with van der Waals surface area (Å²) in [5.41, 5.74) is 0.723. The first-order valence-electron chi connectivity index (χ1n) is 6.95. The zero-order valence-electron chi connectivity index (χ0n) is 12.3. The number of hydrogen-bond donors (Lipinski definition) is 1. The van der Waals surface area contributed by atoms with E-state index in [-0.39, 0.29) is 11.8 Å². The minimum absolute atomic E-state index is 0.131. The van der Waals surface area contributed by atoms with Crippen LogP contribution in [0.4, 0.5) is 5.69 Å². The Bertz CT molecular complexity index is 495. The first-order valence-corrected chi connectivity index (χ1v) is 8.60. The summed E-state index contributed by atoms with van der Waals surface area (Å²) in [5.74, 6) is 0.797. The molecule has 1 aromatic rings.